The Morgan fingerprint density at radius 1 is 1.00 bits per heavy atom. The molecule has 5 aliphatic rings. The molecule has 1 nitrogen and oxygen atoms in total. The minimum Gasteiger partial charge on any atom is -0.330 e. The van der Waals surface area contributed by atoms with E-state index < -0.39 is 0 Å². The highest BCUT2D eigenvalue weighted by Crippen LogP contribution is 2.60. The van der Waals surface area contributed by atoms with Crippen molar-refractivity contribution in [2.75, 3.05) is 6.54 Å². The van der Waals surface area contributed by atoms with Crippen molar-refractivity contribution in [2.24, 2.45) is 41.2 Å². The molecule has 1 aromatic rings. The lowest BCUT2D eigenvalue weighted by Gasteiger charge is -2.54. The van der Waals surface area contributed by atoms with Crippen LogP contribution in [0.5, 0.6) is 0 Å². The minimum atomic E-state index is 0.471. The third-order valence-corrected chi connectivity index (χ3v) is 9.41. The van der Waals surface area contributed by atoms with Crippen LogP contribution in [0.15, 0.2) is 30.4 Å². The van der Waals surface area contributed by atoms with Crippen molar-refractivity contribution in [2.45, 2.75) is 76.5 Å². The van der Waals surface area contributed by atoms with E-state index in [1.807, 2.05) is 0 Å². The average Bonchev–Trinajstić information content (AvgIpc) is 2.70. The van der Waals surface area contributed by atoms with Crippen molar-refractivity contribution < 1.29 is 0 Å². The molecule has 0 aromatic heterocycles. The van der Waals surface area contributed by atoms with Crippen LogP contribution in [-0.2, 0) is 6.42 Å². The maximum Gasteiger partial charge on any atom is 0.0443 e. The van der Waals surface area contributed by atoms with E-state index in [9.17, 15) is 0 Å². The summed E-state index contributed by atoms with van der Waals surface area (Å²) in [6.07, 6.45) is 15.0. The zero-order chi connectivity index (χ0) is 20.0. The topological polar surface area (TPSA) is 26.0 Å². The highest BCUT2D eigenvalue weighted by Gasteiger charge is 2.48. The summed E-state index contributed by atoms with van der Waals surface area (Å²) in [7, 11) is 0. The lowest BCUT2D eigenvalue weighted by Crippen LogP contribution is -2.43. The molecule has 4 bridgehead atoms. The second kappa shape index (κ2) is 8.39. The van der Waals surface area contributed by atoms with Gasteiger partial charge in [-0.2, -0.15) is 0 Å². The van der Waals surface area contributed by atoms with Crippen LogP contribution in [0.3, 0.4) is 0 Å². The van der Waals surface area contributed by atoms with E-state index in [1.54, 1.807) is 0 Å². The summed E-state index contributed by atoms with van der Waals surface area (Å²) in [5.41, 5.74) is 10.3. The molecule has 5 fully saturated rings. The van der Waals surface area contributed by atoms with E-state index in [-0.39, 0.29) is 0 Å². The predicted molar refractivity (Wildman–Crippen MR) is 123 cm³/mol. The Hall–Kier alpha value is -0.790. The molecule has 0 aliphatic heterocycles. The van der Waals surface area contributed by atoms with Crippen LogP contribution in [0.4, 0.5) is 0 Å². The fourth-order valence-electron chi connectivity index (χ4n) is 8.01. The van der Waals surface area contributed by atoms with Crippen LogP contribution in [0, 0.1) is 35.5 Å². The Kier molecular flexibility index (Phi) is 5.82. The first-order valence-corrected chi connectivity index (χ1v) is 12.7. The molecule has 0 radical (unpaired) electrons. The van der Waals surface area contributed by atoms with Gasteiger partial charge < -0.3 is 5.73 Å². The number of rotatable bonds is 6. The van der Waals surface area contributed by atoms with Gasteiger partial charge in [-0.1, -0.05) is 55.1 Å². The highest BCUT2D eigenvalue weighted by molar-refractivity contribution is 6.31. The van der Waals surface area contributed by atoms with Crippen molar-refractivity contribution in [1.82, 2.24) is 0 Å². The smallest absolute Gasteiger partial charge is 0.0443 e. The molecule has 158 valence electrons. The number of hydrogen-bond acceptors (Lipinski definition) is 1. The summed E-state index contributed by atoms with van der Waals surface area (Å²) in [4.78, 5) is 0. The molecule has 0 amide bonds. The quantitative estimate of drug-likeness (QED) is 0.494. The van der Waals surface area contributed by atoms with Crippen LogP contribution in [0.2, 0.25) is 5.02 Å². The molecular weight excluding hydrogens is 374 g/mol. The zero-order valence-electron chi connectivity index (χ0n) is 17.9. The van der Waals surface area contributed by atoms with Gasteiger partial charge in [0.2, 0.25) is 0 Å². The molecule has 2 N–H and O–H groups in total. The molecule has 5 aliphatic carbocycles. The summed E-state index contributed by atoms with van der Waals surface area (Å²) in [6.45, 7) is 5.21. The van der Waals surface area contributed by atoms with Gasteiger partial charge in [0.15, 0.2) is 0 Å². The van der Waals surface area contributed by atoms with Gasteiger partial charge in [-0.15, -0.1) is 0 Å². The van der Waals surface area contributed by atoms with Gasteiger partial charge in [0, 0.05) is 5.02 Å². The van der Waals surface area contributed by atoms with Gasteiger partial charge in [0.1, 0.15) is 0 Å². The second-order valence-corrected chi connectivity index (χ2v) is 11.3. The van der Waals surface area contributed by atoms with Gasteiger partial charge in [-0.3, -0.25) is 0 Å². The molecule has 0 spiro atoms. The first kappa shape index (κ1) is 20.1. The zero-order valence-corrected chi connectivity index (χ0v) is 18.7. The molecular formula is C27H38ClN. The number of halogens is 1. The first-order valence-electron chi connectivity index (χ1n) is 12.3. The molecule has 1 atom stereocenters. The molecule has 1 unspecified atom stereocenters. The van der Waals surface area contributed by atoms with E-state index >= 15 is 0 Å². The minimum absolute atomic E-state index is 0.471. The average molecular weight is 412 g/mol. The van der Waals surface area contributed by atoms with E-state index in [0.717, 1.165) is 47.6 Å². The standard InChI is InChI=1S/C27H38ClN/c1-17(25(16-29)21-5-3-2-4-6-21)9-18-7-8-24(26(28)15-18)27-22-11-19-10-20(13-22)14-23(27)12-19/h7-8,15,19-23,25,27H,1-6,9-14,16,29H2. The van der Waals surface area contributed by atoms with Crippen molar-refractivity contribution in [1.29, 1.82) is 0 Å². The Bertz CT molecular complexity index is 719. The Morgan fingerprint density at radius 3 is 2.24 bits per heavy atom. The monoisotopic (exact) mass is 411 g/mol. The molecule has 0 heterocycles. The summed E-state index contributed by atoms with van der Waals surface area (Å²) in [5, 5.41) is 1.01. The van der Waals surface area contributed by atoms with E-state index in [4.69, 9.17) is 17.3 Å². The highest BCUT2D eigenvalue weighted by atomic mass is 35.5. The Balaban J connectivity index is 1.29. The maximum atomic E-state index is 6.91. The van der Waals surface area contributed by atoms with E-state index in [1.165, 1.54) is 80.9 Å². The largest absolute Gasteiger partial charge is 0.330 e. The van der Waals surface area contributed by atoms with E-state index in [2.05, 4.69) is 24.8 Å². The van der Waals surface area contributed by atoms with Crippen molar-refractivity contribution in [3.05, 3.63) is 46.5 Å². The van der Waals surface area contributed by atoms with Gasteiger partial charge >= 0.3 is 0 Å². The van der Waals surface area contributed by atoms with Crippen LogP contribution in [0.1, 0.15) is 81.3 Å². The molecule has 29 heavy (non-hydrogen) atoms. The molecule has 2 heteroatoms. The van der Waals surface area contributed by atoms with Crippen LogP contribution in [0.25, 0.3) is 0 Å². The lowest BCUT2D eigenvalue weighted by atomic mass is 9.51. The SMILES string of the molecule is C=C(Cc1ccc(C2C3CC4CC(C3)CC2C4)c(Cl)c1)C(CN)C1CCCCC1. The number of nitrogens with two attached hydrogens (primary N) is 1. The molecule has 5 saturated carbocycles. The molecule has 0 saturated heterocycles. The fourth-order valence-corrected chi connectivity index (χ4v) is 8.34. The lowest BCUT2D eigenvalue weighted by molar-refractivity contribution is -0.00275. The second-order valence-electron chi connectivity index (χ2n) is 10.9. The summed E-state index contributed by atoms with van der Waals surface area (Å²) in [5.74, 6) is 5.73. The summed E-state index contributed by atoms with van der Waals surface area (Å²) in [6, 6.07) is 6.96. The van der Waals surface area contributed by atoms with Crippen molar-refractivity contribution >= 4 is 11.6 Å². The first-order chi connectivity index (χ1) is 14.1. The third kappa shape index (κ3) is 3.94. The van der Waals surface area contributed by atoms with E-state index in [0.29, 0.717) is 11.8 Å². The predicted octanol–water partition coefficient (Wildman–Crippen LogP) is 7.13. The van der Waals surface area contributed by atoms with Crippen molar-refractivity contribution in [3.63, 3.8) is 0 Å². The number of hydrogen-bond donors (Lipinski definition) is 1. The molecule has 6 rings (SSSR count). The summed E-state index contributed by atoms with van der Waals surface area (Å²) >= 11 is 6.91. The van der Waals surface area contributed by atoms with Gasteiger partial charge in [-0.25, -0.2) is 0 Å². The fraction of sp³-hybridized carbons (Fsp3) is 0.704. The van der Waals surface area contributed by atoms with Crippen LogP contribution >= 0.6 is 11.6 Å². The van der Waals surface area contributed by atoms with Gasteiger partial charge in [-0.05, 0) is 117 Å². The molecule has 1 aromatic carbocycles. The third-order valence-electron chi connectivity index (χ3n) is 9.08. The Labute approximate surface area is 182 Å². The van der Waals surface area contributed by atoms with Crippen LogP contribution in [-0.4, -0.2) is 6.54 Å². The normalized spacial score (nSPS) is 35.0. The van der Waals surface area contributed by atoms with Crippen molar-refractivity contribution in [3.8, 4) is 0 Å². The maximum absolute atomic E-state index is 6.91. The Morgan fingerprint density at radius 2 is 1.66 bits per heavy atom. The van der Waals surface area contributed by atoms with Gasteiger partial charge in [0.25, 0.3) is 0 Å². The summed E-state index contributed by atoms with van der Waals surface area (Å²) < 4.78 is 0. The number of benzene rings is 1. The van der Waals surface area contributed by atoms with Crippen LogP contribution < -0.4 is 5.73 Å². The van der Waals surface area contributed by atoms with Gasteiger partial charge in [0.05, 0.1) is 0 Å².